The highest BCUT2D eigenvalue weighted by molar-refractivity contribution is 7.91. The quantitative estimate of drug-likeness (QED) is 0.538. The Labute approximate surface area is 188 Å². The second-order valence-corrected chi connectivity index (χ2v) is 9.94. The number of alkyl halides is 2. The van der Waals surface area contributed by atoms with E-state index in [9.17, 15) is 22.0 Å². The smallest absolute Gasteiger partial charge is 0.319 e. The van der Waals surface area contributed by atoms with E-state index in [1.54, 1.807) is 6.07 Å². The van der Waals surface area contributed by atoms with Gasteiger partial charge in [0.25, 0.3) is 6.43 Å². The number of hydrogen-bond acceptors (Lipinski definition) is 8. The lowest BCUT2D eigenvalue weighted by atomic mass is 10.1. The number of pyridine rings is 1. The van der Waals surface area contributed by atoms with Crippen LogP contribution in [-0.4, -0.2) is 67.3 Å². The number of urea groups is 1. The fourth-order valence-corrected chi connectivity index (χ4v) is 4.03. The van der Waals surface area contributed by atoms with Gasteiger partial charge in [-0.2, -0.15) is 5.10 Å². The Hall–Kier alpha value is -2.80. The van der Waals surface area contributed by atoms with Gasteiger partial charge in [-0.1, -0.05) is 11.6 Å². The number of aryl methyl sites for hydroxylation is 1. The molecule has 0 saturated carbocycles. The zero-order valence-electron chi connectivity index (χ0n) is 17.2. The summed E-state index contributed by atoms with van der Waals surface area (Å²) < 4.78 is 52.5. The van der Waals surface area contributed by atoms with Crippen LogP contribution in [0.2, 0.25) is 5.15 Å². The van der Waals surface area contributed by atoms with E-state index in [1.165, 1.54) is 18.4 Å². The minimum atomic E-state index is -3.08. The van der Waals surface area contributed by atoms with Crippen molar-refractivity contribution >= 4 is 39.0 Å². The van der Waals surface area contributed by atoms with Crippen molar-refractivity contribution in [3.63, 3.8) is 0 Å². The summed E-state index contributed by atoms with van der Waals surface area (Å²) in [7, 11) is -3.08. The summed E-state index contributed by atoms with van der Waals surface area (Å²) in [5.41, 5.74) is 1.50. The number of carbonyl (C=O) groups is 1. The SMILES string of the molecule is Cc1cc(CNC(=O)Nc2cc(Cl)nc(OCC(F)F)c2)nnc1N1CC(S(C)(=O)=O)C1. The molecule has 0 bridgehead atoms. The second kappa shape index (κ2) is 9.77. The maximum atomic E-state index is 12.3. The summed E-state index contributed by atoms with van der Waals surface area (Å²) in [6.07, 6.45) is -1.46. The Bertz CT molecular complexity index is 1100. The average Bonchev–Trinajstić information content (AvgIpc) is 2.63. The molecule has 2 aromatic rings. The number of hydrogen-bond donors (Lipinski definition) is 2. The fraction of sp³-hybridized carbons (Fsp3) is 0.444. The van der Waals surface area contributed by atoms with Gasteiger partial charge in [-0.15, -0.1) is 5.10 Å². The molecule has 0 aromatic carbocycles. The molecule has 1 aliphatic heterocycles. The van der Waals surface area contributed by atoms with Crippen molar-refractivity contribution in [1.29, 1.82) is 0 Å². The van der Waals surface area contributed by atoms with Crippen molar-refractivity contribution in [3.8, 4) is 5.88 Å². The monoisotopic (exact) mass is 490 g/mol. The Morgan fingerprint density at radius 1 is 1.31 bits per heavy atom. The van der Waals surface area contributed by atoms with E-state index in [4.69, 9.17) is 16.3 Å². The zero-order chi connectivity index (χ0) is 23.5. The first-order valence-electron chi connectivity index (χ1n) is 9.41. The van der Waals surface area contributed by atoms with E-state index in [-0.39, 0.29) is 23.3 Å². The van der Waals surface area contributed by atoms with Crippen molar-refractivity contribution in [2.75, 3.05) is 36.2 Å². The number of aromatic nitrogens is 3. The number of nitrogens with one attached hydrogen (secondary N) is 2. The third-order valence-corrected chi connectivity index (χ3v) is 6.28. The van der Waals surface area contributed by atoms with Crippen LogP contribution in [0.3, 0.4) is 0 Å². The third-order valence-electron chi connectivity index (χ3n) is 4.58. The van der Waals surface area contributed by atoms with Gasteiger partial charge in [-0.25, -0.2) is 27.0 Å². The third kappa shape index (κ3) is 6.36. The highest BCUT2D eigenvalue weighted by Gasteiger charge is 2.36. The van der Waals surface area contributed by atoms with Crippen molar-refractivity contribution in [3.05, 3.63) is 34.6 Å². The van der Waals surface area contributed by atoms with Crippen molar-refractivity contribution in [2.45, 2.75) is 25.1 Å². The van der Waals surface area contributed by atoms with E-state index < -0.39 is 34.2 Å². The molecule has 2 amide bonds. The van der Waals surface area contributed by atoms with Gasteiger partial charge in [-0.05, 0) is 24.6 Å². The van der Waals surface area contributed by atoms with Crippen molar-refractivity contribution < 1.29 is 26.7 Å². The van der Waals surface area contributed by atoms with Gasteiger partial charge < -0.3 is 20.3 Å². The lowest BCUT2D eigenvalue weighted by molar-refractivity contribution is 0.0796. The molecule has 3 rings (SSSR count). The first-order valence-corrected chi connectivity index (χ1v) is 11.7. The van der Waals surface area contributed by atoms with Gasteiger partial charge in [0.1, 0.15) is 5.15 Å². The summed E-state index contributed by atoms with van der Waals surface area (Å²) in [6, 6.07) is 3.76. The Morgan fingerprint density at radius 3 is 2.66 bits per heavy atom. The molecular weight excluding hydrogens is 470 g/mol. The van der Waals surface area contributed by atoms with Gasteiger partial charge >= 0.3 is 6.03 Å². The second-order valence-electron chi connectivity index (χ2n) is 7.23. The van der Waals surface area contributed by atoms with Crippen LogP contribution in [0.15, 0.2) is 18.2 Å². The van der Waals surface area contributed by atoms with E-state index in [0.29, 0.717) is 24.6 Å². The molecule has 174 valence electrons. The summed E-state index contributed by atoms with van der Waals surface area (Å²) in [5.74, 6) is 0.454. The van der Waals surface area contributed by atoms with Crippen LogP contribution in [-0.2, 0) is 16.4 Å². The van der Waals surface area contributed by atoms with Gasteiger partial charge in [-0.3, -0.25) is 0 Å². The van der Waals surface area contributed by atoms with Crippen LogP contribution in [0.1, 0.15) is 11.3 Å². The summed E-state index contributed by atoms with van der Waals surface area (Å²) >= 11 is 5.82. The van der Waals surface area contributed by atoms with Crippen molar-refractivity contribution in [2.24, 2.45) is 0 Å². The highest BCUT2D eigenvalue weighted by atomic mass is 35.5. The Balaban J connectivity index is 1.54. The lowest BCUT2D eigenvalue weighted by Gasteiger charge is -2.39. The molecule has 0 atom stereocenters. The molecule has 10 nitrogen and oxygen atoms in total. The van der Waals surface area contributed by atoms with Gasteiger partial charge in [0.15, 0.2) is 22.3 Å². The van der Waals surface area contributed by atoms with Gasteiger partial charge in [0, 0.05) is 25.4 Å². The maximum Gasteiger partial charge on any atom is 0.319 e. The number of rotatable bonds is 8. The molecule has 1 aliphatic rings. The molecule has 1 fully saturated rings. The number of ether oxygens (including phenoxy) is 1. The molecule has 1 saturated heterocycles. The van der Waals surface area contributed by atoms with Gasteiger partial charge in [0.05, 0.1) is 23.2 Å². The van der Waals surface area contributed by atoms with Crippen LogP contribution in [0.5, 0.6) is 5.88 Å². The topological polar surface area (TPSA) is 126 Å². The molecule has 2 aromatic heterocycles. The van der Waals surface area contributed by atoms with E-state index in [1.807, 2.05) is 11.8 Å². The molecule has 3 heterocycles. The van der Waals surface area contributed by atoms with Crippen LogP contribution in [0, 0.1) is 6.92 Å². The lowest BCUT2D eigenvalue weighted by Crippen LogP contribution is -2.55. The fourth-order valence-electron chi connectivity index (χ4n) is 2.93. The predicted molar refractivity (Wildman–Crippen MR) is 114 cm³/mol. The first-order chi connectivity index (χ1) is 15.0. The molecule has 0 radical (unpaired) electrons. The molecule has 2 N–H and O–H groups in total. The number of halogens is 3. The number of carbonyl (C=O) groups excluding carboxylic acids is 1. The molecule has 32 heavy (non-hydrogen) atoms. The maximum absolute atomic E-state index is 12.3. The van der Waals surface area contributed by atoms with Crippen LogP contribution < -0.4 is 20.3 Å². The Morgan fingerprint density at radius 2 is 2.03 bits per heavy atom. The van der Waals surface area contributed by atoms with Crippen molar-refractivity contribution in [1.82, 2.24) is 20.5 Å². The van der Waals surface area contributed by atoms with Crippen LogP contribution in [0.25, 0.3) is 0 Å². The minimum Gasteiger partial charge on any atom is -0.471 e. The van der Waals surface area contributed by atoms with Crippen LogP contribution in [0.4, 0.5) is 25.1 Å². The van der Waals surface area contributed by atoms with E-state index in [0.717, 1.165) is 5.56 Å². The average molecular weight is 491 g/mol. The van der Waals surface area contributed by atoms with E-state index >= 15 is 0 Å². The highest BCUT2D eigenvalue weighted by Crippen LogP contribution is 2.25. The normalized spacial score (nSPS) is 14.2. The minimum absolute atomic E-state index is 0.0340. The zero-order valence-corrected chi connectivity index (χ0v) is 18.8. The number of sulfone groups is 1. The van der Waals surface area contributed by atoms with Crippen LogP contribution >= 0.6 is 11.6 Å². The molecule has 0 spiro atoms. The summed E-state index contributed by atoms with van der Waals surface area (Å²) in [4.78, 5) is 17.7. The summed E-state index contributed by atoms with van der Waals surface area (Å²) in [5, 5.41) is 12.9. The number of anilines is 2. The largest absolute Gasteiger partial charge is 0.471 e. The first kappa shape index (κ1) is 23.9. The number of amides is 2. The molecule has 0 unspecified atom stereocenters. The number of nitrogens with zero attached hydrogens (tertiary/aromatic N) is 4. The predicted octanol–water partition coefficient (Wildman–Crippen LogP) is 2.03. The molecule has 0 aliphatic carbocycles. The van der Waals surface area contributed by atoms with E-state index in [2.05, 4.69) is 25.8 Å². The van der Waals surface area contributed by atoms with Gasteiger partial charge in [0.2, 0.25) is 5.88 Å². The summed E-state index contributed by atoms with van der Waals surface area (Å²) in [6.45, 7) is 1.78. The molecule has 14 heteroatoms. The standard InChI is InChI=1S/C18H21ClF2N6O4S/c1-10-3-12(25-26-17(10)27-7-13(8-27)32(2,29)30)6-22-18(28)23-11-4-14(19)24-16(5-11)31-9-15(20)21/h3-5,13,15H,6-9H2,1-2H3,(H2,22,23,24,28). The Kier molecular flexibility index (Phi) is 7.29. The molecular formula is C18H21ClF2N6O4S.